The van der Waals surface area contributed by atoms with E-state index in [0.717, 1.165) is 28.2 Å². The number of benzene rings is 3. The first-order valence-corrected chi connectivity index (χ1v) is 13.1. The molecule has 8 heteroatoms. The zero-order valence-corrected chi connectivity index (χ0v) is 22.6. The van der Waals surface area contributed by atoms with Gasteiger partial charge < -0.3 is 9.47 Å². The molecule has 1 aliphatic heterocycles. The number of aryl methyl sites for hydroxylation is 1. The van der Waals surface area contributed by atoms with Gasteiger partial charge in [0, 0.05) is 30.4 Å². The van der Waals surface area contributed by atoms with Crippen LogP contribution in [0.25, 0.3) is 11.8 Å². The van der Waals surface area contributed by atoms with Crippen molar-refractivity contribution in [2.24, 2.45) is 0 Å². The van der Waals surface area contributed by atoms with Crippen molar-refractivity contribution in [3.05, 3.63) is 130 Å². The van der Waals surface area contributed by atoms with Crippen molar-refractivity contribution in [3.8, 4) is 5.69 Å². The van der Waals surface area contributed by atoms with Crippen LogP contribution in [0.4, 0.5) is 11.4 Å². The molecular formula is C32H30N4O4. The lowest BCUT2D eigenvalue weighted by atomic mass is 9.97. The summed E-state index contributed by atoms with van der Waals surface area (Å²) < 4.78 is 2.11. The van der Waals surface area contributed by atoms with Gasteiger partial charge in [0.1, 0.15) is 12.6 Å². The Balaban J connectivity index is 1.46. The molecule has 0 aliphatic carbocycles. The van der Waals surface area contributed by atoms with E-state index in [-0.39, 0.29) is 36.1 Å². The molecule has 3 aromatic carbocycles. The van der Waals surface area contributed by atoms with E-state index < -0.39 is 4.92 Å². The van der Waals surface area contributed by atoms with Crippen LogP contribution >= 0.6 is 0 Å². The zero-order chi connectivity index (χ0) is 28.4. The van der Waals surface area contributed by atoms with Crippen molar-refractivity contribution >= 4 is 29.3 Å². The van der Waals surface area contributed by atoms with Crippen LogP contribution in [0, 0.1) is 17.0 Å². The lowest BCUT2D eigenvalue weighted by Gasteiger charge is -2.40. The van der Waals surface area contributed by atoms with Crippen molar-refractivity contribution in [1.82, 2.24) is 9.47 Å². The summed E-state index contributed by atoms with van der Waals surface area (Å²) in [6.07, 6.45) is 5.01. The molecule has 0 fully saturated rings. The van der Waals surface area contributed by atoms with Gasteiger partial charge in [-0.15, -0.1) is 0 Å². The average molecular weight is 535 g/mol. The van der Waals surface area contributed by atoms with E-state index in [1.165, 1.54) is 23.1 Å². The van der Waals surface area contributed by atoms with E-state index in [1.54, 1.807) is 23.1 Å². The molecule has 0 radical (unpaired) electrons. The minimum atomic E-state index is -0.468. The van der Waals surface area contributed by atoms with Crippen molar-refractivity contribution in [1.29, 1.82) is 0 Å². The highest BCUT2D eigenvalue weighted by atomic mass is 16.6. The molecule has 0 N–H and O–H groups in total. The molecule has 2 heterocycles. The molecule has 8 nitrogen and oxygen atoms in total. The molecule has 202 valence electrons. The van der Waals surface area contributed by atoms with E-state index >= 15 is 0 Å². The van der Waals surface area contributed by atoms with Crippen molar-refractivity contribution in [2.45, 2.75) is 32.9 Å². The number of aromatic nitrogens is 1. The Morgan fingerprint density at radius 3 is 2.27 bits per heavy atom. The van der Waals surface area contributed by atoms with Crippen LogP contribution in [0.1, 0.15) is 42.3 Å². The van der Waals surface area contributed by atoms with Crippen LogP contribution in [0.3, 0.4) is 0 Å². The van der Waals surface area contributed by atoms with E-state index in [1.807, 2.05) is 87.6 Å². The standard InChI is InChI=1S/C32H30N4O4/c1-22(2)34(30(37)19-14-24-12-17-26(18-13-24)36(39)40)21-31(38)35-28-8-5-4-7-27(28)33-20-6-9-29(33)32(35)25-15-10-23(3)11-16-25/h4-20,22,32H,21H2,1-3H3/b19-14+. The quantitative estimate of drug-likeness (QED) is 0.163. The molecule has 40 heavy (non-hydrogen) atoms. The van der Waals surface area contributed by atoms with Crippen LogP contribution in [0.5, 0.6) is 0 Å². The van der Waals surface area contributed by atoms with Crippen LogP contribution < -0.4 is 4.90 Å². The van der Waals surface area contributed by atoms with Crippen LogP contribution in [-0.4, -0.2) is 38.8 Å². The maximum atomic E-state index is 14.2. The Kier molecular flexibility index (Phi) is 7.33. The Bertz CT molecular complexity index is 1590. The molecule has 0 saturated carbocycles. The maximum Gasteiger partial charge on any atom is 0.269 e. The second-order valence-corrected chi connectivity index (χ2v) is 10.1. The second kappa shape index (κ2) is 11.0. The number of carbonyl (C=O) groups excluding carboxylic acids is 2. The summed E-state index contributed by atoms with van der Waals surface area (Å²) in [6.45, 7) is 5.66. The highest BCUT2D eigenvalue weighted by molar-refractivity contribution is 6.02. The Labute approximate surface area is 232 Å². The molecule has 0 saturated heterocycles. The first kappa shape index (κ1) is 26.6. The fraction of sp³-hybridized carbons (Fsp3) is 0.188. The normalized spacial score (nSPS) is 14.2. The van der Waals surface area contributed by atoms with Gasteiger partial charge in [0.25, 0.3) is 5.69 Å². The molecule has 1 aromatic heterocycles. The van der Waals surface area contributed by atoms with Crippen LogP contribution in [-0.2, 0) is 9.59 Å². The molecule has 0 bridgehead atoms. The number of nitro benzene ring substituents is 1. The molecule has 1 unspecified atom stereocenters. The van der Waals surface area contributed by atoms with Gasteiger partial charge >= 0.3 is 0 Å². The highest BCUT2D eigenvalue weighted by Gasteiger charge is 2.37. The van der Waals surface area contributed by atoms with Gasteiger partial charge in [0.2, 0.25) is 11.8 Å². The monoisotopic (exact) mass is 534 g/mol. The fourth-order valence-corrected chi connectivity index (χ4v) is 5.03. The number of nitrogens with zero attached hydrogens (tertiary/aromatic N) is 4. The van der Waals surface area contributed by atoms with Crippen LogP contribution in [0.2, 0.25) is 0 Å². The SMILES string of the molecule is Cc1ccc(C2c3cccn3-c3ccccc3N2C(=O)CN(C(=O)/C=C/c2ccc([N+](=O)[O-])cc2)C(C)C)cc1. The van der Waals surface area contributed by atoms with Gasteiger partial charge in [-0.1, -0.05) is 42.0 Å². The first-order valence-electron chi connectivity index (χ1n) is 13.1. The average Bonchev–Trinajstić information content (AvgIpc) is 3.44. The molecule has 1 atom stereocenters. The number of anilines is 1. The fourth-order valence-electron chi connectivity index (χ4n) is 5.03. The minimum Gasteiger partial charge on any atom is -0.327 e. The first-order chi connectivity index (χ1) is 19.2. The van der Waals surface area contributed by atoms with Gasteiger partial charge in [-0.3, -0.25) is 24.6 Å². The van der Waals surface area contributed by atoms with Crippen LogP contribution in [0.15, 0.2) is 97.2 Å². The van der Waals surface area contributed by atoms with E-state index in [2.05, 4.69) is 4.57 Å². The second-order valence-electron chi connectivity index (χ2n) is 10.1. The predicted molar refractivity (Wildman–Crippen MR) is 155 cm³/mol. The van der Waals surface area contributed by atoms with Gasteiger partial charge in [0.05, 0.1) is 22.0 Å². The lowest BCUT2D eigenvalue weighted by Crippen LogP contribution is -2.48. The third-order valence-corrected chi connectivity index (χ3v) is 7.12. The maximum absolute atomic E-state index is 14.2. The van der Waals surface area contributed by atoms with Gasteiger partial charge in [-0.05, 0) is 74.4 Å². The minimum absolute atomic E-state index is 0.0195. The third kappa shape index (κ3) is 5.16. The van der Waals surface area contributed by atoms with Crippen molar-refractivity contribution in [3.63, 3.8) is 0 Å². The summed E-state index contributed by atoms with van der Waals surface area (Å²) in [5, 5.41) is 10.9. The number of non-ortho nitro benzene ring substituents is 1. The largest absolute Gasteiger partial charge is 0.327 e. The topological polar surface area (TPSA) is 88.7 Å². The summed E-state index contributed by atoms with van der Waals surface area (Å²) in [5.74, 6) is -0.515. The summed E-state index contributed by atoms with van der Waals surface area (Å²) in [5.41, 5.74) is 5.39. The number of nitro groups is 1. The summed E-state index contributed by atoms with van der Waals surface area (Å²) in [7, 11) is 0. The summed E-state index contributed by atoms with van der Waals surface area (Å²) >= 11 is 0. The van der Waals surface area contributed by atoms with Gasteiger partial charge in [-0.25, -0.2) is 0 Å². The Morgan fingerprint density at radius 2 is 1.62 bits per heavy atom. The number of carbonyl (C=O) groups is 2. The molecule has 2 amide bonds. The molecule has 4 aromatic rings. The van der Waals surface area contributed by atoms with Gasteiger partial charge in [-0.2, -0.15) is 0 Å². The highest BCUT2D eigenvalue weighted by Crippen LogP contribution is 2.42. The van der Waals surface area contributed by atoms with Crippen molar-refractivity contribution in [2.75, 3.05) is 11.4 Å². The zero-order valence-electron chi connectivity index (χ0n) is 22.6. The smallest absolute Gasteiger partial charge is 0.269 e. The van der Waals surface area contributed by atoms with E-state index in [9.17, 15) is 19.7 Å². The number of hydrogen-bond acceptors (Lipinski definition) is 4. The number of para-hydroxylation sites is 2. The Hall–Kier alpha value is -4.98. The number of amides is 2. The summed E-state index contributed by atoms with van der Waals surface area (Å²) in [6, 6.07) is 25.3. The lowest BCUT2D eigenvalue weighted by molar-refractivity contribution is -0.384. The van der Waals surface area contributed by atoms with Gasteiger partial charge in [0.15, 0.2) is 0 Å². The number of fused-ring (bicyclic) bond motifs is 3. The van der Waals surface area contributed by atoms with Crippen molar-refractivity contribution < 1.29 is 14.5 Å². The number of rotatable bonds is 7. The Morgan fingerprint density at radius 1 is 0.950 bits per heavy atom. The van der Waals surface area contributed by atoms with E-state index in [4.69, 9.17) is 0 Å². The predicted octanol–water partition coefficient (Wildman–Crippen LogP) is 6.08. The third-order valence-electron chi connectivity index (χ3n) is 7.12. The van der Waals surface area contributed by atoms with E-state index in [0.29, 0.717) is 5.56 Å². The molecule has 1 aliphatic rings. The summed E-state index contributed by atoms with van der Waals surface area (Å²) in [4.78, 5) is 41.3. The molecule has 0 spiro atoms. The molecular weight excluding hydrogens is 504 g/mol. The molecule has 5 rings (SSSR count). The number of hydrogen-bond donors (Lipinski definition) is 0.